The molecule has 148 valence electrons. The van der Waals surface area contributed by atoms with Crippen LogP contribution >= 0.6 is 0 Å². The number of hydrogen-bond donors (Lipinski definition) is 0. The molecular weight excluding hydrogens is 395 g/mol. The molecular formula is C14H14F3N3O6S. The van der Waals surface area contributed by atoms with Gasteiger partial charge in [0.1, 0.15) is 18.3 Å². The van der Waals surface area contributed by atoms with Crippen molar-refractivity contribution in [2.24, 2.45) is 5.11 Å². The van der Waals surface area contributed by atoms with Crippen LogP contribution in [0.3, 0.4) is 0 Å². The van der Waals surface area contributed by atoms with Gasteiger partial charge in [0.05, 0.1) is 19.3 Å². The van der Waals surface area contributed by atoms with Crippen molar-refractivity contribution in [3.63, 3.8) is 0 Å². The Kier molecular flexibility index (Phi) is 5.60. The molecule has 5 atom stereocenters. The third-order valence-electron chi connectivity index (χ3n) is 4.04. The Morgan fingerprint density at radius 3 is 2.52 bits per heavy atom. The quantitative estimate of drug-likeness (QED) is 0.248. The van der Waals surface area contributed by atoms with Crippen molar-refractivity contribution in [2.75, 3.05) is 13.2 Å². The third-order valence-corrected chi connectivity index (χ3v) is 5.08. The first-order valence-electron chi connectivity index (χ1n) is 7.70. The summed E-state index contributed by atoms with van der Waals surface area (Å²) in [5, 5.41) is 3.30. The minimum Gasteiger partial charge on any atom is -0.372 e. The molecule has 0 saturated carbocycles. The smallest absolute Gasteiger partial charge is 0.372 e. The van der Waals surface area contributed by atoms with Gasteiger partial charge in [-0.1, -0.05) is 35.4 Å². The van der Waals surface area contributed by atoms with E-state index in [9.17, 15) is 21.6 Å². The summed E-state index contributed by atoms with van der Waals surface area (Å²) in [7, 11) is -5.94. The summed E-state index contributed by atoms with van der Waals surface area (Å²) in [4.78, 5) is 2.52. The lowest BCUT2D eigenvalue weighted by Crippen LogP contribution is -2.59. The molecule has 1 aromatic rings. The van der Waals surface area contributed by atoms with Crippen molar-refractivity contribution in [3.8, 4) is 0 Å². The first-order valence-corrected chi connectivity index (χ1v) is 9.11. The van der Waals surface area contributed by atoms with Crippen molar-refractivity contribution in [3.05, 3.63) is 46.3 Å². The highest BCUT2D eigenvalue weighted by molar-refractivity contribution is 7.87. The molecule has 3 unspecified atom stereocenters. The second kappa shape index (κ2) is 7.62. The van der Waals surface area contributed by atoms with Gasteiger partial charge in [0.15, 0.2) is 6.29 Å². The number of azide groups is 1. The molecule has 0 aromatic heterocycles. The van der Waals surface area contributed by atoms with Crippen LogP contribution in [-0.4, -0.2) is 51.5 Å². The van der Waals surface area contributed by atoms with E-state index in [-0.39, 0.29) is 13.2 Å². The predicted molar refractivity (Wildman–Crippen MR) is 82.5 cm³/mol. The Labute approximate surface area is 151 Å². The lowest BCUT2D eigenvalue weighted by molar-refractivity contribution is -0.298. The monoisotopic (exact) mass is 409 g/mol. The lowest BCUT2D eigenvalue weighted by atomic mass is 9.97. The van der Waals surface area contributed by atoms with Gasteiger partial charge in [-0.15, -0.1) is 0 Å². The highest BCUT2D eigenvalue weighted by atomic mass is 32.2. The number of benzene rings is 1. The standard InChI is InChI=1S/C14H14F3N3O6S/c15-14(16,17)27(21,22)26-11-9(19-20-18)6-23-10-7-24-13(25-12(10)11)8-4-2-1-3-5-8/h1-5,9-13H,6-7H2/t9?,10?,11-,12+,13?/m1/s1. The van der Waals surface area contributed by atoms with Gasteiger partial charge < -0.3 is 14.2 Å². The van der Waals surface area contributed by atoms with Crippen LogP contribution in [0.25, 0.3) is 10.4 Å². The van der Waals surface area contributed by atoms with E-state index in [0.717, 1.165) is 0 Å². The molecule has 2 aliphatic heterocycles. The number of hydrogen-bond acceptors (Lipinski definition) is 7. The molecule has 0 spiro atoms. The Morgan fingerprint density at radius 2 is 1.89 bits per heavy atom. The Balaban J connectivity index is 1.89. The maximum absolute atomic E-state index is 12.8. The van der Waals surface area contributed by atoms with Crippen molar-refractivity contribution < 1.29 is 40.0 Å². The van der Waals surface area contributed by atoms with Gasteiger partial charge in [-0.05, 0) is 5.53 Å². The molecule has 2 aliphatic rings. The average molecular weight is 409 g/mol. The van der Waals surface area contributed by atoms with Crippen LogP contribution in [0.1, 0.15) is 11.9 Å². The van der Waals surface area contributed by atoms with E-state index >= 15 is 0 Å². The van der Waals surface area contributed by atoms with Gasteiger partial charge in [0.2, 0.25) is 0 Å². The minimum atomic E-state index is -5.94. The summed E-state index contributed by atoms with van der Waals surface area (Å²) >= 11 is 0. The van der Waals surface area contributed by atoms with Crippen LogP contribution in [0.5, 0.6) is 0 Å². The lowest BCUT2D eigenvalue weighted by Gasteiger charge is -2.44. The van der Waals surface area contributed by atoms with Gasteiger partial charge in [-0.2, -0.15) is 21.6 Å². The molecule has 0 aliphatic carbocycles. The zero-order chi connectivity index (χ0) is 19.7. The van der Waals surface area contributed by atoms with Gasteiger partial charge in [-0.25, -0.2) is 0 Å². The maximum Gasteiger partial charge on any atom is 0.523 e. The molecule has 0 bridgehead atoms. The average Bonchev–Trinajstić information content (AvgIpc) is 2.63. The van der Waals surface area contributed by atoms with Gasteiger partial charge in [-0.3, -0.25) is 4.18 Å². The van der Waals surface area contributed by atoms with Crippen LogP contribution in [0.15, 0.2) is 35.4 Å². The normalized spacial score (nSPS) is 31.6. The van der Waals surface area contributed by atoms with E-state index in [1.54, 1.807) is 30.3 Å². The van der Waals surface area contributed by atoms with Crippen LogP contribution in [0, 0.1) is 0 Å². The maximum atomic E-state index is 12.8. The molecule has 13 heteroatoms. The molecule has 9 nitrogen and oxygen atoms in total. The number of rotatable bonds is 4. The predicted octanol–water partition coefficient (Wildman–Crippen LogP) is 2.41. The molecule has 2 fully saturated rings. The van der Waals surface area contributed by atoms with Gasteiger partial charge >= 0.3 is 15.6 Å². The SMILES string of the molecule is [N-]=[N+]=NC1COC2COC(c3ccccc3)O[C@@H]2[C@@H]1OS(=O)(=O)C(F)(F)F. The largest absolute Gasteiger partial charge is 0.523 e. The first-order chi connectivity index (χ1) is 12.7. The molecule has 27 heavy (non-hydrogen) atoms. The summed E-state index contributed by atoms with van der Waals surface area (Å²) in [5.74, 6) is 0. The number of halogens is 3. The highest BCUT2D eigenvalue weighted by Gasteiger charge is 2.54. The molecule has 0 N–H and O–H groups in total. The Bertz CT molecular complexity index is 815. The van der Waals surface area contributed by atoms with E-state index in [0.29, 0.717) is 5.56 Å². The number of alkyl halides is 3. The van der Waals surface area contributed by atoms with Crippen LogP contribution < -0.4 is 0 Å². The Morgan fingerprint density at radius 1 is 1.19 bits per heavy atom. The summed E-state index contributed by atoms with van der Waals surface area (Å²) in [6.45, 7) is -0.412. The fraction of sp³-hybridized carbons (Fsp3) is 0.571. The van der Waals surface area contributed by atoms with E-state index in [1.165, 1.54) is 0 Å². The zero-order valence-electron chi connectivity index (χ0n) is 13.5. The zero-order valence-corrected chi connectivity index (χ0v) is 14.3. The number of nitrogens with zero attached hydrogens (tertiary/aromatic N) is 3. The van der Waals surface area contributed by atoms with Crippen LogP contribution in [0.4, 0.5) is 13.2 Å². The summed E-state index contributed by atoms with van der Waals surface area (Å²) in [5.41, 5.74) is 3.57. The van der Waals surface area contributed by atoms with Crippen molar-refractivity contribution >= 4 is 10.1 Å². The molecule has 1 aromatic carbocycles. The van der Waals surface area contributed by atoms with E-state index in [4.69, 9.17) is 19.7 Å². The molecule has 2 saturated heterocycles. The molecule has 0 amide bonds. The number of fused-ring (bicyclic) bond motifs is 1. The van der Waals surface area contributed by atoms with Crippen LogP contribution in [-0.2, 0) is 28.5 Å². The van der Waals surface area contributed by atoms with Gasteiger partial charge in [0, 0.05) is 10.5 Å². The summed E-state index contributed by atoms with van der Waals surface area (Å²) in [6.07, 6.45) is -4.84. The van der Waals surface area contributed by atoms with Crippen molar-refractivity contribution in [1.82, 2.24) is 0 Å². The van der Waals surface area contributed by atoms with E-state index in [1.807, 2.05) is 0 Å². The van der Waals surface area contributed by atoms with E-state index < -0.39 is 46.3 Å². The second-order valence-corrected chi connectivity index (χ2v) is 7.35. The van der Waals surface area contributed by atoms with E-state index in [2.05, 4.69) is 14.2 Å². The number of ether oxygens (including phenoxy) is 3. The minimum absolute atomic E-state index is 0.0703. The molecule has 2 heterocycles. The summed E-state index contributed by atoms with van der Waals surface area (Å²) < 4.78 is 82.1. The van der Waals surface area contributed by atoms with Crippen molar-refractivity contribution in [1.29, 1.82) is 0 Å². The molecule has 0 radical (unpaired) electrons. The van der Waals surface area contributed by atoms with Crippen LogP contribution in [0.2, 0.25) is 0 Å². The fourth-order valence-corrected chi connectivity index (χ4v) is 3.42. The summed E-state index contributed by atoms with van der Waals surface area (Å²) in [6, 6.07) is 7.16. The fourth-order valence-electron chi connectivity index (χ4n) is 2.78. The molecule has 3 rings (SSSR count). The van der Waals surface area contributed by atoms with Crippen molar-refractivity contribution in [2.45, 2.75) is 36.2 Å². The Hall–Kier alpha value is -1.89. The topological polar surface area (TPSA) is 120 Å². The highest BCUT2D eigenvalue weighted by Crippen LogP contribution is 2.36. The van der Waals surface area contributed by atoms with Gasteiger partial charge in [0.25, 0.3) is 0 Å². The second-order valence-electron chi connectivity index (χ2n) is 5.78. The third kappa shape index (κ3) is 4.18. The first kappa shape index (κ1) is 19.9.